The maximum atomic E-state index is 0. The fourth-order valence-electron chi connectivity index (χ4n) is 0. The van der Waals surface area contributed by atoms with Gasteiger partial charge < -0.3 is 60.2 Å². The standard InChI is InChI=1S/11H2O.Y/h11*1H2;/q;;;;;;;;;;;+3/p-3. The minimum atomic E-state index is 0. The smallest absolute Gasteiger partial charge is 0.870 e. The Labute approximate surface area is 93.0 Å². The minimum absolute atomic E-state index is 0. The normalized spacial score (nSPS) is 0. The summed E-state index contributed by atoms with van der Waals surface area (Å²) in [6.07, 6.45) is 0. The third-order valence-corrected chi connectivity index (χ3v) is 0. The molecule has 11 nitrogen and oxygen atoms in total. The van der Waals surface area contributed by atoms with E-state index in [4.69, 9.17) is 0 Å². The van der Waals surface area contributed by atoms with Gasteiger partial charge in [-0.15, -0.1) is 0 Å². The Hall–Kier alpha value is 0.664. The largest absolute Gasteiger partial charge is 3.00 e. The zero-order chi connectivity index (χ0) is 0. The molecule has 0 bridgehead atoms. The first-order chi connectivity index (χ1) is 0. The van der Waals surface area contributed by atoms with Gasteiger partial charge in [0.2, 0.25) is 0 Å². The minimum Gasteiger partial charge on any atom is -0.870 e. The van der Waals surface area contributed by atoms with Crippen molar-refractivity contribution < 1.29 is 92.9 Å². The van der Waals surface area contributed by atoms with E-state index in [1.165, 1.54) is 0 Å². The molecule has 0 aromatic carbocycles. The summed E-state index contributed by atoms with van der Waals surface area (Å²) in [5.41, 5.74) is 0. The van der Waals surface area contributed by atoms with Crippen LogP contribution in [-0.2, 0) is 32.7 Å². The first-order valence-electron chi connectivity index (χ1n) is 0. The van der Waals surface area contributed by atoms with E-state index in [2.05, 4.69) is 0 Å². The third kappa shape index (κ3) is 2260. The fourth-order valence-corrected chi connectivity index (χ4v) is 0. The molecule has 0 aliphatic rings. The molecule has 0 fully saturated rings. The molecule has 0 saturated carbocycles. The van der Waals surface area contributed by atoms with Crippen molar-refractivity contribution >= 4 is 0 Å². The Kier molecular flexibility index (Phi) is 980000. The van der Waals surface area contributed by atoms with Gasteiger partial charge in [0.1, 0.15) is 0 Å². The topological polar surface area (TPSA) is 342 Å². The van der Waals surface area contributed by atoms with Crippen molar-refractivity contribution in [3.63, 3.8) is 0 Å². The van der Waals surface area contributed by atoms with E-state index in [1.54, 1.807) is 0 Å². The maximum absolute atomic E-state index is 0. The molecule has 0 atom stereocenters. The molecule has 0 aliphatic carbocycles. The first kappa shape index (κ1) is 3910. The maximum Gasteiger partial charge on any atom is 3.00 e. The molecule has 88 valence electrons. The van der Waals surface area contributed by atoms with Crippen LogP contribution in [0.1, 0.15) is 0 Å². The predicted octanol–water partition coefficient (Wildman–Crippen LogP) is -7.13. The van der Waals surface area contributed by atoms with Gasteiger partial charge in [-0.05, 0) is 0 Å². The Balaban J connectivity index is 0. The first-order valence-corrected chi connectivity index (χ1v) is 0. The summed E-state index contributed by atoms with van der Waals surface area (Å²) in [6, 6.07) is 0. The predicted molar refractivity (Wildman–Crippen MR) is 34.7 cm³/mol. The van der Waals surface area contributed by atoms with Gasteiger partial charge in [0.25, 0.3) is 0 Å². The summed E-state index contributed by atoms with van der Waals surface area (Å²) in [4.78, 5) is 0. The van der Waals surface area contributed by atoms with Crippen molar-refractivity contribution in [2.75, 3.05) is 0 Å². The monoisotopic (exact) mass is 284 g/mol. The summed E-state index contributed by atoms with van der Waals surface area (Å²) in [5, 5.41) is 0. The second-order valence-electron chi connectivity index (χ2n) is 0. The molecular formula is H19O11Y. The van der Waals surface area contributed by atoms with Gasteiger partial charge in [0, 0.05) is 0 Å². The second kappa shape index (κ2) is 3010. The molecule has 0 spiro atoms. The molecule has 0 rings (SSSR count). The van der Waals surface area contributed by atoms with Gasteiger partial charge in [0.15, 0.2) is 0 Å². The van der Waals surface area contributed by atoms with Crippen LogP contribution in [-0.4, -0.2) is 60.2 Å². The molecule has 0 aromatic rings. The van der Waals surface area contributed by atoms with Crippen LogP contribution in [0.4, 0.5) is 0 Å². The quantitative estimate of drug-likeness (QED) is 0.418. The van der Waals surface area contributed by atoms with Crippen molar-refractivity contribution in [2.45, 2.75) is 0 Å². The average molecular weight is 284 g/mol. The zero-order valence-electron chi connectivity index (χ0n) is 5.92. The molecule has 12 heteroatoms. The second-order valence-corrected chi connectivity index (χ2v) is 0. The van der Waals surface area contributed by atoms with Gasteiger partial charge >= 0.3 is 32.7 Å². The van der Waals surface area contributed by atoms with E-state index in [-0.39, 0.29) is 92.9 Å². The van der Waals surface area contributed by atoms with Crippen LogP contribution in [0.3, 0.4) is 0 Å². The molecule has 0 radical (unpaired) electrons. The summed E-state index contributed by atoms with van der Waals surface area (Å²) >= 11 is 0. The molecule has 0 amide bonds. The summed E-state index contributed by atoms with van der Waals surface area (Å²) < 4.78 is 0. The van der Waals surface area contributed by atoms with E-state index >= 15 is 0 Å². The number of hydrogen-bond acceptors (Lipinski definition) is 3. The van der Waals surface area contributed by atoms with Gasteiger partial charge in [-0.1, -0.05) is 0 Å². The van der Waals surface area contributed by atoms with Crippen molar-refractivity contribution in [2.24, 2.45) is 0 Å². The van der Waals surface area contributed by atoms with Crippen LogP contribution in [0.2, 0.25) is 0 Å². The van der Waals surface area contributed by atoms with E-state index in [9.17, 15) is 0 Å². The van der Waals surface area contributed by atoms with Crippen molar-refractivity contribution in [1.29, 1.82) is 0 Å². The molecule has 0 unspecified atom stereocenters. The van der Waals surface area contributed by atoms with Gasteiger partial charge in [-0.25, -0.2) is 0 Å². The Morgan fingerprint density at radius 2 is 0.250 bits per heavy atom. The molecule has 12 heavy (non-hydrogen) atoms. The summed E-state index contributed by atoms with van der Waals surface area (Å²) in [7, 11) is 0. The van der Waals surface area contributed by atoms with Crippen molar-refractivity contribution in [3.8, 4) is 0 Å². The number of hydrogen-bond donors (Lipinski definition) is 0. The van der Waals surface area contributed by atoms with E-state index in [1.807, 2.05) is 0 Å². The molecule has 0 aromatic heterocycles. The molecule has 0 aliphatic heterocycles. The number of rotatable bonds is 0. The Morgan fingerprint density at radius 1 is 0.250 bits per heavy atom. The van der Waals surface area contributed by atoms with Crippen LogP contribution in [0.15, 0.2) is 0 Å². The van der Waals surface area contributed by atoms with E-state index in [0.717, 1.165) is 0 Å². The molecule has 0 heterocycles. The van der Waals surface area contributed by atoms with E-state index in [0.29, 0.717) is 0 Å². The molecule has 0 saturated heterocycles. The zero-order valence-corrected chi connectivity index (χ0v) is 8.76. The summed E-state index contributed by atoms with van der Waals surface area (Å²) in [5.74, 6) is 0. The Morgan fingerprint density at radius 3 is 0.250 bits per heavy atom. The average Bonchev–Trinajstić information content (AvgIpc) is 0. The fraction of sp³-hybridized carbons (Fsp3) is 0. The molecular weight excluding hydrogens is 265 g/mol. The third-order valence-electron chi connectivity index (χ3n) is 0. The Bertz CT molecular complexity index is 4.97. The SMILES string of the molecule is O.O.O.O.O.O.O.O.[OH-].[OH-].[OH-].[Y+3]. The van der Waals surface area contributed by atoms with Crippen LogP contribution in [0.5, 0.6) is 0 Å². The van der Waals surface area contributed by atoms with Crippen LogP contribution in [0, 0.1) is 0 Å². The van der Waals surface area contributed by atoms with Crippen LogP contribution < -0.4 is 0 Å². The van der Waals surface area contributed by atoms with Gasteiger partial charge in [-0.2, -0.15) is 0 Å². The van der Waals surface area contributed by atoms with E-state index < -0.39 is 0 Å². The van der Waals surface area contributed by atoms with Gasteiger partial charge in [-0.3, -0.25) is 0 Å². The summed E-state index contributed by atoms with van der Waals surface area (Å²) in [6.45, 7) is 0. The van der Waals surface area contributed by atoms with Crippen LogP contribution in [0.25, 0.3) is 0 Å². The van der Waals surface area contributed by atoms with Crippen LogP contribution >= 0.6 is 0 Å². The van der Waals surface area contributed by atoms with Gasteiger partial charge in [0.05, 0.1) is 0 Å². The molecule has 19 N–H and O–H groups in total. The van der Waals surface area contributed by atoms with Crippen molar-refractivity contribution in [1.82, 2.24) is 0 Å². The van der Waals surface area contributed by atoms with Crippen molar-refractivity contribution in [3.05, 3.63) is 0 Å².